The average molecular weight is 134 g/mol. The van der Waals surface area contributed by atoms with Gasteiger partial charge in [0.25, 0.3) is 0 Å². The lowest BCUT2D eigenvalue weighted by atomic mass is 10.0. The maximum absolute atomic E-state index is 4.06. The highest BCUT2D eigenvalue weighted by molar-refractivity contribution is 5.38. The van der Waals surface area contributed by atoms with E-state index in [9.17, 15) is 0 Å². The lowest BCUT2D eigenvalue weighted by molar-refractivity contribution is 0.720. The van der Waals surface area contributed by atoms with E-state index < -0.39 is 0 Å². The maximum Gasteiger partial charge on any atom is -0.00995 e. The molecule has 0 atom stereocenters. The monoisotopic (exact) mass is 134 g/mol. The van der Waals surface area contributed by atoms with Gasteiger partial charge in [-0.2, -0.15) is 0 Å². The van der Waals surface area contributed by atoms with Gasteiger partial charge in [-0.25, -0.2) is 0 Å². The highest BCUT2D eigenvalue weighted by Gasteiger charge is 2.22. The molecule has 0 aromatic heterocycles. The Labute approximate surface area is 62.6 Å². The summed E-state index contributed by atoms with van der Waals surface area (Å²) < 4.78 is 0. The quantitative estimate of drug-likeness (QED) is 0.446. The van der Waals surface area contributed by atoms with Crippen LogP contribution in [0, 0.1) is 0 Å². The van der Waals surface area contributed by atoms with Gasteiger partial charge in [0, 0.05) is 0 Å². The largest absolute Gasteiger partial charge is 0.0995 e. The molecule has 0 aromatic rings. The Morgan fingerprint density at radius 2 is 1.70 bits per heavy atom. The minimum atomic E-state index is 1.23. The Balaban J connectivity index is 2.04. The first-order valence-electron chi connectivity index (χ1n) is 4.22. The van der Waals surface area contributed by atoms with Crippen LogP contribution in [0.2, 0.25) is 0 Å². The van der Waals surface area contributed by atoms with Crippen molar-refractivity contribution < 1.29 is 0 Å². The zero-order valence-electron chi connectivity index (χ0n) is 6.45. The van der Waals surface area contributed by atoms with E-state index >= 15 is 0 Å². The highest BCUT2D eigenvalue weighted by atomic mass is 14.3. The second-order valence-electron chi connectivity index (χ2n) is 3.52. The zero-order chi connectivity index (χ0) is 6.97. The summed E-state index contributed by atoms with van der Waals surface area (Å²) in [6.07, 6.45) is 8.02. The first kappa shape index (κ1) is 6.21. The molecule has 2 aliphatic rings. The van der Waals surface area contributed by atoms with E-state index in [0.29, 0.717) is 0 Å². The first-order chi connectivity index (χ1) is 4.86. The van der Waals surface area contributed by atoms with E-state index in [0.717, 1.165) is 0 Å². The van der Waals surface area contributed by atoms with Gasteiger partial charge in [0.15, 0.2) is 0 Å². The summed E-state index contributed by atoms with van der Waals surface area (Å²) in [5.74, 6) is 0. The molecule has 0 unspecified atom stereocenters. The Kier molecular flexibility index (Phi) is 1.40. The average Bonchev–Trinajstić information content (AvgIpc) is 2.54. The van der Waals surface area contributed by atoms with Crippen LogP contribution >= 0.6 is 0 Å². The highest BCUT2D eigenvalue weighted by Crippen LogP contribution is 2.41. The standard InChI is InChI=1S/C10H14/c1-8-4-2-3-5-9-7-10(9)6-8/h1-7H2. The molecule has 0 saturated carbocycles. The van der Waals surface area contributed by atoms with Crippen LogP contribution in [0.3, 0.4) is 0 Å². The van der Waals surface area contributed by atoms with Crippen molar-refractivity contribution in [2.24, 2.45) is 0 Å². The molecular formula is C10H14. The second-order valence-corrected chi connectivity index (χ2v) is 3.52. The number of hydrogen-bond donors (Lipinski definition) is 0. The van der Waals surface area contributed by atoms with Crippen LogP contribution in [0.25, 0.3) is 0 Å². The van der Waals surface area contributed by atoms with Crippen molar-refractivity contribution in [3.63, 3.8) is 0 Å². The predicted molar refractivity (Wildman–Crippen MR) is 43.9 cm³/mol. The molecule has 10 heavy (non-hydrogen) atoms. The first-order valence-corrected chi connectivity index (χ1v) is 4.22. The summed E-state index contributed by atoms with van der Waals surface area (Å²) in [5, 5.41) is 0. The van der Waals surface area contributed by atoms with Gasteiger partial charge < -0.3 is 0 Å². The Bertz CT molecular complexity index is 196. The van der Waals surface area contributed by atoms with Gasteiger partial charge in [0.1, 0.15) is 0 Å². The van der Waals surface area contributed by atoms with Gasteiger partial charge >= 0.3 is 0 Å². The fraction of sp³-hybridized carbons (Fsp3) is 0.600. The summed E-state index contributed by atoms with van der Waals surface area (Å²) in [6.45, 7) is 4.06. The number of rotatable bonds is 0. The van der Waals surface area contributed by atoms with Crippen molar-refractivity contribution in [3.05, 3.63) is 23.3 Å². The molecule has 0 saturated heterocycles. The molecule has 0 aromatic carbocycles. The zero-order valence-corrected chi connectivity index (χ0v) is 6.45. The van der Waals surface area contributed by atoms with Gasteiger partial charge in [0.2, 0.25) is 0 Å². The predicted octanol–water partition coefficient (Wildman–Crippen LogP) is 3.21. The van der Waals surface area contributed by atoms with Crippen LogP contribution < -0.4 is 0 Å². The molecule has 2 rings (SSSR count). The summed E-state index contributed by atoms with van der Waals surface area (Å²) in [7, 11) is 0. The topological polar surface area (TPSA) is 0 Å². The fourth-order valence-corrected chi connectivity index (χ4v) is 1.77. The van der Waals surface area contributed by atoms with Gasteiger partial charge in [-0.15, -0.1) is 0 Å². The maximum atomic E-state index is 4.06. The van der Waals surface area contributed by atoms with Crippen LogP contribution in [-0.2, 0) is 0 Å². The molecule has 0 bridgehead atoms. The molecule has 0 heterocycles. The molecule has 0 aliphatic heterocycles. The molecule has 0 fully saturated rings. The lowest BCUT2D eigenvalue weighted by Crippen LogP contribution is -1.84. The summed E-state index contributed by atoms with van der Waals surface area (Å²) in [6, 6.07) is 0. The number of hydrogen-bond acceptors (Lipinski definition) is 0. The van der Waals surface area contributed by atoms with Crippen LogP contribution in [0.1, 0.15) is 38.5 Å². The SMILES string of the molecule is C=C1CCCCC2=C(C1)C2. The molecular weight excluding hydrogens is 120 g/mol. The third kappa shape index (κ3) is 1.16. The van der Waals surface area contributed by atoms with Crippen LogP contribution in [0.4, 0.5) is 0 Å². The molecule has 0 radical (unpaired) electrons. The van der Waals surface area contributed by atoms with Crippen LogP contribution in [0.15, 0.2) is 23.3 Å². The number of allylic oxidation sites excluding steroid dienone is 3. The van der Waals surface area contributed by atoms with Crippen molar-refractivity contribution in [3.8, 4) is 0 Å². The van der Waals surface area contributed by atoms with Crippen molar-refractivity contribution in [1.29, 1.82) is 0 Å². The van der Waals surface area contributed by atoms with Gasteiger partial charge in [-0.05, 0) is 38.5 Å². The fourth-order valence-electron chi connectivity index (χ4n) is 1.77. The minimum Gasteiger partial charge on any atom is -0.0995 e. The third-order valence-electron chi connectivity index (χ3n) is 2.52. The summed E-state index contributed by atoms with van der Waals surface area (Å²) >= 11 is 0. The molecule has 0 amide bonds. The molecule has 0 nitrogen and oxygen atoms in total. The third-order valence-corrected chi connectivity index (χ3v) is 2.52. The van der Waals surface area contributed by atoms with Gasteiger partial charge in [0.05, 0.1) is 0 Å². The van der Waals surface area contributed by atoms with E-state index in [1.165, 1.54) is 44.1 Å². The second kappa shape index (κ2) is 2.26. The summed E-state index contributed by atoms with van der Waals surface area (Å²) in [4.78, 5) is 0. The Hall–Kier alpha value is -0.520. The van der Waals surface area contributed by atoms with Crippen molar-refractivity contribution in [2.45, 2.75) is 38.5 Å². The Morgan fingerprint density at radius 3 is 2.60 bits per heavy atom. The van der Waals surface area contributed by atoms with Crippen LogP contribution in [0.5, 0.6) is 0 Å². The molecule has 2 aliphatic carbocycles. The molecule has 54 valence electrons. The molecule has 0 N–H and O–H groups in total. The molecule has 0 spiro atoms. The normalized spacial score (nSPS) is 25.4. The van der Waals surface area contributed by atoms with Gasteiger partial charge in [-0.3, -0.25) is 0 Å². The summed E-state index contributed by atoms with van der Waals surface area (Å²) in [5.41, 5.74) is 4.93. The van der Waals surface area contributed by atoms with Crippen molar-refractivity contribution in [2.75, 3.05) is 0 Å². The van der Waals surface area contributed by atoms with Crippen molar-refractivity contribution in [1.82, 2.24) is 0 Å². The molecule has 0 heteroatoms. The van der Waals surface area contributed by atoms with Crippen LogP contribution in [-0.4, -0.2) is 0 Å². The van der Waals surface area contributed by atoms with E-state index in [1.54, 1.807) is 11.1 Å². The van der Waals surface area contributed by atoms with E-state index in [-0.39, 0.29) is 0 Å². The van der Waals surface area contributed by atoms with Gasteiger partial charge in [-0.1, -0.05) is 23.3 Å². The Morgan fingerprint density at radius 1 is 0.900 bits per heavy atom. The van der Waals surface area contributed by atoms with E-state index in [1.807, 2.05) is 0 Å². The van der Waals surface area contributed by atoms with Crippen molar-refractivity contribution >= 4 is 0 Å². The van der Waals surface area contributed by atoms with E-state index in [4.69, 9.17) is 0 Å². The van der Waals surface area contributed by atoms with E-state index in [2.05, 4.69) is 6.58 Å². The lowest BCUT2D eigenvalue weighted by Gasteiger charge is -2.03. The minimum absolute atomic E-state index is 1.23. The smallest absolute Gasteiger partial charge is 0.00995 e.